The van der Waals surface area contributed by atoms with Crippen LogP contribution in [0, 0.1) is 23.0 Å². The van der Waals surface area contributed by atoms with Crippen LogP contribution in [-0.4, -0.2) is 113 Å². The van der Waals surface area contributed by atoms with Gasteiger partial charge in [-0.3, -0.25) is 14.8 Å². The van der Waals surface area contributed by atoms with Crippen LogP contribution < -0.4 is 15.4 Å². The molecule has 12 nitrogen and oxygen atoms in total. The van der Waals surface area contributed by atoms with Crippen LogP contribution in [0.4, 0.5) is 24.0 Å². The molecule has 3 N–H and O–H groups in total. The number of aromatic nitrogens is 3. The summed E-state index contributed by atoms with van der Waals surface area (Å²) < 4.78 is 65.4. The standard InChI is InChI=1S/C37H41F3N8O4S/c38-20-11-37(5-1-7-47(37)14-20)19-52-36-44-32-29(35(45-36)48-21-3-4-22(48)16-46(15-21)6-2-9-50-10-8-49)25-18-51-17-24(25)27(30(32)40)31-28-23(12-41)34(42)53-33(28)26(39)13-43-31/h13,20-22,49H,1-11,14-19,42H2/t20-,21?,22?,37+/m1/s1. The van der Waals surface area contributed by atoms with E-state index in [9.17, 15) is 9.65 Å². The molecule has 5 aliphatic heterocycles. The van der Waals surface area contributed by atoms with Gasteiger partial charge in [0.15, 0.2) is 11.6 Å². The number of alkyl halides is 1. The van der Waals surface area contributed by atoms with Crippen molar-refractivity contribution in [3.8, 4) is 23.3 Å². The molecule has 16 heteroatoms. The van der Waals surface area contributed by atoms with Crippen LogP contribution >= 0.6 is 11.3 Å². The summed E-state index contributed by atoms with van der Waals surface area (Å²) in [7, 11) is 0. The highest BCUT2D eigenvalue weighted by Crippen LogP contribution is 2.48. The van der Waals surface area contributed by atoms with E-state index >= 15 is 8.78 Å². The highest BCUT2D eigenvalue weighted by Gasteiger charge is 2.50. The predicted octanol–water partition coefficient (Wildman–Crippen LogP) is 4.68. The number of thiophene rings is 1. The number of hydrogen-bond donors (Lipinski definition) is 2. The second kappa shape index (κ2) is 13.8. The molecule has 0 aliphatic carbocycles. The number of rotatable bonds is 11. The Bertz CT molecular complexity index is 2120. The fourth-order valence-corrected chi connectivity index (χ4v) is 10.5. The van der Waals surface area contributed by atoms with Gasteiger partial charge < -0.3 is 30.0 Å². The third-order valence-electron chi connectivity index (χ3n) is 11.8. The largest absolute Gasteiger partial charge is 0.461 e. The molecular weight excluding hydrogens is 710 g/mol. The smallest absolute Gasteiger partial charge is 0.319 e. The SMILES string of the molecule is N#Cc1c(N)sc2c(F)cnc(-c3c4c(c5c(N6C7CCC6CN(CCCOCCO)C7)nc(OC[C@@]67CCCN6C[C@H](F)C7)nc5c3F)COC4)c12. The molecular formula is C37H41F3N8O4S. The van der Waals surface area contributed by atoms with Gasteiger partial charge in [0, 0.05) is 62.2 Å². The van der Waals surface area contributed by atoms with Crippen LogP contribution in [0.25, 0.3) is 32.2 Å². The van der Waals surface area contributed by atoms with E-state index in [2.05, 4.69) is 25.8 Å². The monoisotopic (exact) mass is 750 g/mol. The van der Waals surface area contributed by atoms with Crippen molar-refractivity contribution >= 4 is 43.1 Å². The number of anilines is 2. The Hall–Kier alpha value is -3.85. The van der Waals surface area contributed by atoms with Crippen molar-refractivity contribution < 1.29 is 32.5 Å². The highest BCUT2D eigenvalue weighted by atomic mass is 32.1. The van der Waals surface area contributed by atoms with Crippen LogP contribution in [0.5, 0.6) is 6.01 Å². The Kier molecular flexibility index (Phi) is 9.07. The number of pyridine rings is 1. The van der Waals surface area contributed by atoms with Gasteiger partial charge in [-0.1, -0.05) is 0 Å². The Balaban J connectivity index is 1.17. The van der Waals surface area contributed by atoms with Gasteiger partial charge in [-0.05, 0) is 49.8 Å². The maximum Gasteiger partial charge on any atom is 0.319 e. The minimum Gasteiger partial charge on any atom is -0.461 e. The molecule has 0 saturated carbocycles. The molecule has 0 amide bonds. The molecule has 3 aromatic heterocycles. The molecule has 0 spiro atoms. The lowest BCUT2D eigenvalue weighted by atomic mass is 9.93. The lowest BCUT2D eigenvalue weighted by molar-refractivity contribution is 0.0826. The summed E-state index contributed by atoms with van der Waals surface area (Å²) in [6, 6.07) is 2.29. The summed E-state index contributed by atoms with van der Waals surface area (Å²) in [6.07, 6.45) is 4.92. The Morgan fingerprint density at radius 1 is 1.11 bits per heavy atom. The lowest BCUT2D eigenvalue weighted by Crippen LogP contribution is -2.54. The van der Waals surface area contributed by atoms with Gasteiger partial charge in [-0.15, -0.1) is 11.3 Å². The van der Waals surface area contributed by atoms with Gasteiger partial charge in [0.2, 0.25) is 0 Å². The first-order valence-electron chi connectivity index (χ1n) is 18.4. The Morgan fingerprint density at radius 3 is 2.72 bits per heavy atom. The van der Waals surface area contributed by atoms with Crippen LogP contribution in [0.3, 0.4) is 0 Å². The van der Waals surface area contributed by atoms with Crippen molar-refractivity contribution in [2.45, 2.75) is 75.5 Å². The van der Waals surface area contributed by atoms with E-state index in [1.165, 1.54) is 0 Å². The topological polar surface area (TPSA) is 146 Å². The van der Waals surface area contributed by atoms with E-state index in [-0.39, 0.29) is 81.9 Å². The summed E-state index contributed by atoms with van der Waals surface area (Å²) in [5.41, 5.74) is 7.24. The molecule has 53 heavy (non-hydrogen) atoms. The van der Waals surface area contributed by atoms with E-state index < -0.39 is 23.3 Å². The van der Waals surface area contributed by atoms with Crippen LogP contribution in [0.15, 0.2) is 6.20 Å². The molecule has 4 saturated heterocycles. The Labute approximate surface area is 308 Å². The van der Waals surface area contributed by atoms with E-state index in [0.717, 1.165) is 81.4 Å². The van der Waals surface area contributed by atoms with Gasteiger partial charge in [0.05, 0.1) is 59.5 Å². The minimum atomic E-state index is -0.938. The van der Waals surface area contributed by atoms with Crippen LogP contribution in [-0.2, 0) is 22.7 Å². The van der Waals surface area contributed by atoms with Gasteiger partial charge in [0.25, 0.3) is 0 Å². The average Bonchev–Trinajstić information content (AvgIpc) is 3.96. The first-order valence-corrected chi connectivity index (χ1v) is 19.2. The zero-order chi connectivity index (χ0) is 36.4. The first-order chi connectivity index (χ1) is 25.8. The fraction of sp³-hybridized carbons (Fsp3) is 0.568. The maximum atomic E-state index is 17.6. The third-order valence-corrected chi connectivity index (χ3v) is 12.9. The van der Waals surface area contributed by atoms with Gasteiger partial charge in [-0.2, -0.15) is 15.2 Å². The molecule has 5 aliphatic rings. The van der Waals surface area contributed by atoms with Crippen LogP contribution in [0.2, 0.25) is 0 Å². The zero-order valence-electron chi connectivity index (χ0n) is 29.3. The van der Waals surface area contributed by atoms with Crippen molar-refractivity contribution in [1.82, 2.24) is 24.8 Å². The van der Waals surface area contributed by atoms with E-state index in [1.54, 1.807) is 0 Å². The van der Waals surface area contributed by atoms with Crippen molar-refractivity contribution in [1.29, 1.82) is 5.26 Å². The third kappa shape index (κ3) is 5.78. The average molecular weight is 751 g/mol. The second-order valence-corrected chi connectivity index (χ2v) is 16.0. The number of nitrogens with two attached hydrogens (primary N) is 1. The number of ether oxygens (including phenoxy) is 3. The zero-order valence-corrected chi connectivity index (χ0v) is 30.1. The van der Waals surface area contributed by atoms with E-state index in [1.807, 2.05) is 0 Å². The highest BCUT2D eigenvalue weighted by molar-refractivity contribution is 7.23. The van der Waals surface area contributed by atoms with E-state index in [4.69, 9.17) is 35.0 Å². The summed E-state index contributed by atoms with van der Waals surface area (Å²) in [6.45, 7) is 4.96. The molecule has 4 aromatic rings. The summed E-state index contributed by atoms with van der Waals surface area (Å²) in [4.78, 5) is 21.1. The van der Waals surface area contributed by atoms with Gasteiger partial charge in [-0.25, -0.2) is 13.2 Å². The van der Waals surface area contributed by atoms with Crippen LogP contribution in [0.1, 0.15) is 55.2 Å². The number of nitrogen functional groups attached to an aromatic ring is 1. The maximum absolute atomic E-state index is 17.6. The quantitative estimate of drug-likeness (QED) is 0.206. The molecule has 280 valence electrons. The second-order valence-electron chi connectivity index (χ2n) is 14.9. The molecule has 9 rings (SSSR count). The summed E-state index contributed by atoms with van der Waals surface area (Å²) in [5.74, 6) is -0.752. The summed E-state index contributed by atoms with van der Waals surface area (Å²) >= 11 is 0.929. The fourth-order valence-electron chi connectivity index (χ4n) is 9.60. The molecule has 8 heterocycles. The number of piperazine rings is 1. The predicted molar refractivity (Wildman–Crippen MR) is 192 cm³/mol. The molecule has 0 radical (unpaired) electrons. The number of aliphatic hydroxyl groups is 1. The number of nitriles is 1. The van der Waals surface area contributed by atoms with E-state index in [0.29, 0.717) is 42.9 Å². The number of nitrogens with zero attached hydrogens (tertiary/aromatic N) is 7. The number of likely N-dealkylation sites (tertiary alicyclic amines) is 1. The van der Waals surface area contributed by atoms with Crippen molar-refractivity contribution in [2.24, 2.45) is 0 Å². The molecule has 4 atom stereocenters. The van der Waals surface area contributed by atoms with Crippen molar-refractivity contribution in [2.75, 3.05) is 69.8 Å². The minimum absolute atomic E-state index is 0.00210. The number of hydrogen-bond acceptors (Lipinski definition) is 13. The number of benzene rings is 1. The molecule has 2 unspecified atom stereocenters. The molecule has 4 fully saturated rings. The number of halogens is 3. The van der Waals surface area contributed by atoms with Gasteiger partial charge in [0.1, 0.15) is 35.2 Å². The summed E-state index contributed by atoms with van der Waals surface area (Å²) in [5, 5.41) is 19.9. The number of fused-ring (bicyclic) bond motifs is 7. The van der Waals surface area contributed by atoms with Crippen molar-refractivity contribution in [3.05, 3.63) is 34.5 Å². The van der Waals surface area contributed by atoms with Gasteiger partial charge >= 0.3 is 6.01 Å². The van der Waals surface area contributed by atoms with Crippen molar-refractivity contribution in [3.63, 3.8) is 0 Å². The molecule has 1 aromatic carbocycles. The first kappa shape index (κ1) is 34.9. The lowest BCUT2D eigenvalue weighted by Gasteiger charge is -2.42. The molecule has 2 bridgehead atoms. The normalized spacial score (nSPS) is 25.5. The Morgan fingerprint density at radius 2 is 1.92 bits per heavy atom. The number of aliphatic hydroxyl groups excluding tert-OH is 1.